The molecule has 5 heteroatoms. The number of benzene rings is 1. The van der Waals surface area contributed by atoms with Crippen LogP contribution in [0.15, 0.2) is 18.2 Å². The van der Waals surface area contributed by atoms with Gasteiger partial charge < -0.3 is 15.8 Å². The Morgan fingerprint density at radius 3 is 2.75 bits per heavy atom. The summed E-state index contributed by atoms with van der Waals surface area (Å²) in [5.41, 5.74) is 6.62. The predicted octanol–water partition coefficient (Wildman–Crippen LogP) is 3.34. The van der Waals surface area contributed by atoms with E-state index in [2.05, 4.69) is 5.32 Å². The molecule has 20 heavy (non-hydrogen) atoms. The minimum absolute atomic E-state index is 0.0567. The van der Waals surface area contributed by atoms with Crippen LogP contribution in [0.4, 0.5) is 5.69 Å². The molecule has 1 aromatic rings. The van der Waals surface area contributed by atoms with E-state index in [1.165, 1.54) is 6.42 Å². The van der Waals surface area contributed by atoms with Gasteiger partial charge >= 0.3 is 0 Å². The molecule has 110 valence electrons. The van der Waals surface area contributed by atoms with Gasteiger partial charge in [-0.05, 0) is 25.0 Å². The number of nitrogens with one attached hydrogen (secondary N) is 1. The van der Waals surface area contributed by atoms with Gasteiger partial charge in [-0.15, -0.1) is 0 Å². The van der Waals surface area contributed by atoms with E-state index in [4.69, 9.17) is 22.1 Å². The lowest BCUT2D eigenvalue weighted by atomic mass is 9.80. The van der Waals surface area contributed by atoms with Crippen LogP contribution in [0.25, 0.3) is 0 Å². The number of hydrogen-bond donors (Lipinski definition) is 2. The third-order valence-electron chi connectivity index (χ3n) is 3.80. The summed E-state index contributed by atoms with van der Waals surface area (Å²) in [6.07, 6.45) is 5.64. The minimum Gasteiger partial charge on any atom is -0.495 e. The summed E-state index contributed by atoms with van der Waals surface area (Å²) < 4.78 is 5.13. The van der Waals surface area contributed by atoms with E-state index in [-0.39, 0.29) is 11.4 Å². The molecule has 0 aliphatic heterocycles. The summed E-state index contributed by atoms with van der Waals surface area (Å²) >= 11 is 5.95. The minimum atomic E-state index is -0.348. The summed E-state index contributed by atoms with van der Waals surface area (Å²) in [6, 6.07) is 5.17. The Kier molecular flexibility index (Phi) is 4.89. The maximum absolute atomic E-state index is 12.1. The van der Waals surface area contributed by atoms with Crippen molar-refractivity contribution in [2.45, 2.75) is 44.1 Å². The van der Waals surface area contributed by atoms with Gasteiger partial charge in [0.15, 0.2) is 0 Å². The third kappa shape index (κ3) is 3.87. The number of methoxy groups -OCH3 is 1. The van der Waals surface area contributed by atoms with Crippen LogP contribution in [0.1, 0.15) is 38.5 Å². The number of anilines is 1. The number of carbonyl (C=O) groups excluding carboxylic acids is 1. The SMILES string of the molecule is COc1cc(NC(=O)CC2(N)CCCCC2)ccc1Cl. The Morgan fingerprint density at radius 1 is 1.40 bits per heavy atom. The molecule has 0 unspecified atom stereocenters. The van der Waals surface area contributed by atoms with Crippen molar-refractivity contribution in [1.29, 1.82) is 0 Å². The van der Waals surface area contributed by atoms with Crippen LogP contribution in [-0.2, 0) is 4.79 Å². The maximum atomic E-state index is 12.1. The highest BCUT2D eigenvalue weighted by atomic mass is 35.5. The molecule has 0 spiro atoms. The second-order valence-electron chi connectivity index (χ2n) is 5.50. The van der Waals surface area contributed by atoms with Crippen LogP contribution >= 0.6 is 11.6 Å². The van der Waals surface area contributed by atoms with E-state index in [1.807, 2.05) is 0 Å². The average molecular weight is 297 g/mol. The Morgan fingerprint density at radius 2 is 2.10 bits per heavy atom. The van der Waals surface area contributed by atoms with Crippen LogP contribution in [-0.4, -0.2) is 18.6 Å². The first-order chi connectivity index (χ1) is 9.52. The highest BCUT2D eigenvalue weighted by molar-refractivity contribution is 6.32. The highest BCUT2D eigenvalue weighted by Crippen LogP contribution is 2.30. The normalized spacial score (nSPS) is 17.6. The first-order valence-electron chi connectivity index (χ1n) is 6.95. The smallest absolute Gasteiger partial charge is 0.226 e. The van der Waals surface area contributed by atoms with Crippen molar-refractivity contribution in [2.24, 2.45) is 5.73 Å². The fourth-order valence-corrected chi connectivity index (χ4v) is 2.89. The zero-order chi connectivity index (χ0) is 14.6. The zero-order valence-electron chi connectivity index (χ0n) is 11.7. The molecule has 0 radical (unpaired) electrons. The molecule has 0 atom stereocenters. The van der Waals surface area contributed by atoms with Crippen molar-refractivity contribution in [3.8, 4) is 5.75 Å². The molecule has 0 saturated heterocycles. The highest BCUT2D eigenvalue weighted by Gasteiger charge is 2.29. The van der Waals surface area contributed by atoms with E-state index < -0.39 is 0 Å². The summed E-state index contributed by atoms with van der Waals surface area (Å²) in [6.45, 7) is 0. The first kappa shape index (κ1) is 15.1. The fourth-order valence-electron chi connectivity index (χ4n) is 2.70. The molecule has 0 aromatic heterocycles. The van der Waals surface area contributed by atoms with Crippen molar-refractivity contribution in [2.75, 3.05) is 12.4 Å². The molecule has 4 nitrogen and oxygen atoms in total. The lowest BCUT2D eigenvalue weighted by Gasteiger charge is -2.32. The summed E-state index contributed by atoms with van der Waals surface area (Å²) in [7, 11) is 1.55. The fraction of sp³-hybridized carbons (Fsp3) is 0.533. The molecule has 0 heterocycles. The van der Waals surface area contributed by atoms with Crippen LogP contribution in [0, 0.1) is 0 Å². The second-order valence-corrected chi connectivity index (χ2v) is 5.90. The van der Waals surface area contributed by atoms with Gasteiger partial charge in [0.05, 0.1) is 12.1 Å². The molecule has 2 rings (SSSR count). The first-order valence-corrected chi connectivity index (χ1v) is 7.32. The lowest BCUT2D eigenvalue weighted by molar-refractivity contribution is -0.117. The van der Waals surface area contributed by atoms with Gasteiger partial charge in [0.25, 0.3) is 0 Å². The van der Waals surface area contributed by atoms with E-state index >= 15 is 0 Å². The van der Waals surface area contributed by atoms with Gasteiger partial charge in [-0.1, -0.05) is 30.9 Å². The Hall–Kier alpha value is -1.26. The molecular weight excluding hydrogens is 276 g/mol. The van der Waals surface area contributed by atoms with Gasteiger partial charge in [-0.25, -0.2) is 0 Å². The number of halogens is 1. The van der Waals surface area contributed by atoms with Crippen molar-refractivity contribution >= 4 is 23.2 Å². The molecule has 1 aromatic carbocycles. The van der Waals surface area contributed by atoms with Gasteiger partial charge in [0.1, 0.15) is 5.75 Å². The van der Waals surface area contributed by atoms with Gasteiger partial charge in [-0.3, -0.25) is 4.79 Å². The molecule has 1 aliphatic rings. The van der Waals surface area contributed by atoms with E-state index in [0.29, 0.717) is 22.9 Å². The quantitative estimate of drug-likeness (QED) is 0.895. The lowest BCUT2D eigenvalue weighted by Crippen LogP contribution is -2.44. The number of nitrogens with two attached hydrogens (primary N) is 1. The van der Waals surface area contributed by atoms with Crippen LogP contribution in [0.5, 0.6) is 5.75 Å². The third-order valence-corrected chi connectivity index (χ3v) is 4.11. The van der Waals surface area contributed by atoms with Crippen LogP contribution in [0.2, 0.25) is 5.02 Å². The number of carbonyl (C=O) groups is 1. The van der Waals surface area contributed by atoms with Crippen molar-refractivity contribution < 1.29 is 9.53 Å². The molecule has 3 N–H and O–H groups in total. The van der Waals surface area contributed by atoms with Gasteiger partial charge in [0, 0.05) is 23.7 Å². The summed E-state index contributed by atoms with van der Waals surface area (Å²) in [5, 5.41) is 3.38. The summed E-state index contributed by atoms with van der Waals surface area (Å²) in [5.74, 6) is 0.489. The van der Waals surface area contributed by atoms with E-state index in [1.54, 1.807) is 25.3 Å². The topological polar surface area (TPSA) is 64.3 Å². The van der Waals surface area contributed by atoms with Crippen molar-refractivity contribution in [3.63, 3.8) is 0 Å². The van der Waals surface area contributed by atoms with Crippen molar-refractivity contribution in [1.82, 2.24) is 0 Å². The Balaban J connectivity index is 1.97. The Bertz CT molecular complexity index is 485. The number of amides is 1. The number of ether oxygens (including phenoxy) is 1. The molecule has 1 saturated carbocycles. The molecule has 0 bridgehead atoms. The van der Waals surface area contributed by atoms with Gasteiger partial charge in [0.2, 0.25) is 5.91 Å². The van der Waals surface area contributed by atoms with Crippen molar-refractivity contribution in [3.05, 3.63) is 23.2 Å². The monoisotopic (exact) mass is 296 g/mol. The Labute approximate surface area is 124 Å². The standard InChI is InChI=1S/C15H21ClN2O2/c1-20-13-9-11(5-6-12(13)16)18-14(19)10-15(17)7-3-2-4-8-15/h5-6,9H,2-4,7-8,10,17H2,1H3,(H,18,19). The summed E-state index contributed by atoms with van der Waals surface area (Å²) in [4.78, 5) is 12.1. The average Bonchev–Trinajstić information content (AvgIpc) is 2.41. The maximum Gasteiger partial charge on any atom is 0.226 e. The number of hydrogen-bond acceptors (Lipinski definition) is 3. The second kappa shape index (κ2) is 6.46. The van der Waals surface area contributed by atoms with Gasteiger partial charge in [-0.2, -0.15) is 0 Å². The van der Waals surface area contributed by atoms with E-state index in [0.717, 1.165) is 25.7 Å². The van der Waals surface area contributed by atoms with Crippen LogP contribution in [0.3, 0.4) is 0 Å². The molecule has 1 amide bonds. The van der Waals surface area contributed by atoms with Crippen LogP contribution < -0.4 is 15.8 Å². The zero-order valence-corrected chi connectivity index (χ0v) is 12.5. The predicted molar refractivity (Wildman–Crippen MR) is 81.3 cm³/mol. The molecular formula is C15H21ClN2O2. The largest absolute Gasteiger partial charge is 0.495 e. The van der Waals surface area contributed by atoms with E-state index in [9.17, 15) is 4.79 Å². The molecule has 1 fully saturated rings. The number of rotatable bonds is 4. The molecule has 1 aliphatic carbocycles.